The number of hydrogen-bond acceptors (Lipinski definition) is 3. The lowest BCUT2D eigenvalue weighted by Crippen LogP contribution is -2.32. The van der Waals surface area contributed by atoms with Crippen molar-refractivity contribution in [1.29, 1.82) is 0 Å². The third-order valence-electron chi connectivity index (χ3n) is 2.78. The fourth-order valence-electron chi connectivity index (χ4n) is 1.83. The molecule has 1 heterocycles. The molecule has 1 aromatic heterocycles. The highest BCUT2D eigenvalue weighted by molar-refractivity contribution is 5.51. The van der Waals surface area contributed by atoms with Gasteiger partial charge in [-0.2, -0.15) is 13.2 Å². The lowest BCUT2D eigenvalue weighted by atomic mass is 10.2. The average molecular weight is 275 g/mol. The predicted molar refractivity (Wildman–Crippen MR) is 71.6 cm³/mol. The first kappa shape index (κ1) is 15.6. The second-order valence-corrected chi connectivity index (χ2v) is 4.63. The molecule has 0 aliphatic carbocycles. The summed E-state index contributed by atoms with van der Waals surface area (Å²) in [6.45, 7) is 6.55. The molecule has 19 heavy (non-hydrogen) atoms. The molecule has 6 heteroatoms. The van der Waals surface area contributed by atoms with E-state index in [1.807, 2.05) is 25.7 Å². The molecule has 0 aliphatic heterocycles. The van der Waals surface area contributed by atoms with Gasteiger partial charge in [-0.05, 0) is 32.4 Å². The number of aromatic nitrogens is 1. The van der Waals surface area contributed by atoms with Gasteiger partial charge in [-0.1, -0.05) is 6.92 Å². The van der Waals surface area contributed by atoms with Gasteiger partial charge in [-0.15, -0.1) is 0 Å². The van der Waals surface area contributed by atoms with E-state index in [9.17, 15) is 13.2 Å². The van der Waals surface area contributed by atoms with Gasteiger partial charge in [0, 0.05) is 19.6 Å². The molecule has 0 spiro atoms. The van der Waals surface area contributed by atoms with Crippen LogP contribution in [0.4, 0.5) is 24.8 Å². The third-order valence-corrected chi connectivity index (χ3v) is 2.78. The van der Waals surface area contributed by atoms with Crippen molar-refractivity contribution in [3.05, 3.63) is 17.7 Å². The van der Waals surface area contributed by atoms with Gasteiger partial charge in [-0.3, -0.25) is 0 Å². The Bertz CT molecular complexity index is 416. The van der Waals surface area contributed by atoms with Gasteiger partial charge in [0.25, 0.3) is 0 Å². The maximum atomic E-state index is 12.9. The van der Waals surface area contributed by atoms with E-state index >= 15 is 0 Å². The topological polar surface area (TPSA) is 28.2 Å². The molecule has 0 saturated heterocycles. The van der Waals surface area contributed by atoms with Crippen LogP contribution in [0.2, 0.25) is 0 Å². The quantitative estimate of drug-likeness (QED) is 0.886. The Labute approximate surface area is 111 Å². The Morgan fingerprint density at radius 2 is 1.95 bits per heavy atom. The molecule has 0 fully saturated rings. The molecule has 0 saturated carbocycles. The summed E-state index contributed by atoms with van der Waals surface area (Å²) in [7, 11) is 1.56. The van der Waals surface area contributed by atoms with Gasteiger partial charge in [0.05, 0.1) is 5.56 Å². The zero-order valence-corrected chi connectivity index (χ0v) is 11.7. The van der Waals surface area contributed by atoms with Crippen LogP contribution in [-0.2, 0) is 6.18 Å². The second-order valence-electron chi connectivity index (χ2n) is 4.63. The van der Waals surface area contributed by atoms with Gasteiger partial charge in [-0.25, -0.2) is 4.98 Å². The van der Waals surface area contributed by atoms with Crippen LogP contribution in [0.15, 0.2) is 12.1 Å². The van der Waals surface area contributed by atoms with Crippen LogP contribution in [0.1, 0.15) is 32.8 Å². The zero-order chi connectivity index (χ0) is 14.6. The van der Waals surface area contributed by atoms with Crippen molar-refractivity contribution in [2.24, 2.45) is 0 Å². The molecule has 0 bridgehead atoms. The lowest BCUT2D eigenvalue weighted by molar-refractivity contribution is -0.137. The van der Waals surface area contributed by atoms with Gasteiger partial charge in [0.1, 0.15) is 11.6 Å². The van der Waals surface area contributed by atoms with Crippen molar-refractivity contribution in [2.75, 3.05) is 23.8 Å². The zero-order valence-electron chi connectivity index (χ0n) is 11.7. The summed E-state index contributed by atoms with van der Waals surface area (Å²) in [6.07, 6.45) is -3.51. The molecule has 1 aromatic rings. The van der Waals surface area contributed by atoms with Crippen LogP contribution in [0, 0.1) is 0 Å². The van der Waals surface area contributed by atoms with Crippen molar-refractivity contribution in [1.82, 2.24) is 4.98 Å². The first-order chi connectivity index (χ1) is 8.79. The van der Waals surface area contributed by atoms with Crippen molar-refractivity contribution in [2.45, 2.75) is 39.4 Å². The molecular weight excluding hydrogens is 255 g/mol. The summed E-state index contributed by atoms with van der Waals surface area (Å²) < 4.78 is 38.6. The Morgan fingerprint density at radius 3 is 2.37 bits per heavy atom. The first-order valence-electron chi connectivity index (χ1n) is 6.33. The molecule has 0 atom stereocenters. The highest BCUT2D eigenvalue weighted by Crippen LogP contribution is 2.33. The molecule has 0 radical (unpaired) electrons. The van der Waals surface area contributed by atoms with E-state index in [1.165, 1.54) is 0 Å². The van der Waals surface area contributed by atoms with Crippen molar-refractivity contribution in [3.63, 3.8) is 0 Å². The predicted octanol–water partition coefficient (Wildman–Crippen LogP) is 3.77. The maximum absolute atomic E-state index is 12.9. The molecule has 3 nitrogen and oxygen atoms in total. The number of anilines is 2. The number of alkyl halides is 3. The average Bonchev–Trinajstić information content (AvgIpc) is 2.33. The SMILES string of the molecule is CCCN(c1cc(C(F)(F)F)cc(NC)n1)C(C)C. The minimum atomic E-state index is -4.36. The van der Waals surface area contributed by atoms with E-state index in [1.54, 1.807) is 7.05 Å². The summed E-state index contributed by atoms with van der Waals surface area (Å²) in [5.74, 6) is 0.586. The van der Waals surface area contributed by atoms with Crippen molar-refractivity contribution < 1.29 is 13.2 Å². The molecule has 0 unspecified atom stereocenters. The molecule has 1 rings (SSSR count). The minimum Gasteiger partial charge on any atom is -0.373 e. The van der Waals surface area contributed by atoms with Gasteiger partial charge >= 0.3 is 6.18 Å². The molecule has 0 aromatic carbocycles. The monoisotopic (exact) mass is 275 g/mol. The largest absolute Gasteiger partial charge is 0.416 e. The summed E-state index contributed by atoms with van der Waals surface area (Å²) in [4.78, 5) is 6.09. The summed E-state index contributed by atoms with van der Waals surface area (Å²) >= 11 is 0. The number of nitrogens with zero attached hydrogens (tertiary/aromatic N) is 2. The number of hydrogen-bond donors (Lipinski definition) is 1. The van der Waals surface area contributed by atoms with Crippen molar-refractivity contribution >= 4 is 11.6 Å². The van der Waals surface area contributed by atoms with E-state index < -0.39 is 11.7 Å². The van der Waals surface area contributed by atoms with E-state index in [2.05, 4.69) is 10.3 Å². The van der Waals surface area contributed by atoms with E-state index in [0.29, 0.717) is 12.4 Å². The summed E-state index contributed by atoms with van der Waals surface area (Å²) in [5.41, 5.74) is -0.677. The Balaban J connectivity index is 3.25. The number of nitrogens with one attached hydrogen (secondary N) is 1. The standard InChI is InChI=1S/C13H20F3N3/c1-5-6-19(9(2)3)12-8-10(13(14,15)16)7-11(17-4)18-12/h7-9H,5-6H2,1-4H3,(H,17,18). The summed E-state index contributed by atoms with van der Waals surface area (Å²) in [5, 5.41) is 2.68. The summed E-state index contributed by atoms with van der Waals surface area (Å²) in [6, 6.07) is 2.23. The molecule has 0 aliphatic rings. The fourth-order valence-corrected chi connectivity index (χ4v) is 1.83. The molecular formula is C13H20F3N3. The van der Waals surface area contributed by atoms with Gasteiger partial charge < -0.3 is 10.2 Å². The van der Waals surface area contributed by atoms with Crippen molar-refractivity contribution in [3.8, 4) is 0 Å². The van der Waals surface area contributed by atoms with Crippen LogP contribution in [0.5, 0.6) is 0 Å². The Kier molecular flexibility index (Phi) is 5.03. The number of rotatable bonds is 5. The Hall–Kier alpha value is -1.46. The van der Waals surface area contributed by atoms with Crippen LogP contribution in [-0.4, -0.2) is 24.6 Å². The third kappa shape index (κ3) is 4.01. The number of pyridine rings is 1. The fraction of sp³-hybridized carbons (Fsp3) is 0.615. The van der Waals surface area contributed by atoms with Crippen LogP contribution >= 0.6 is 0 Å². The molecule has 0 amide bonds. The highest BCUT2D eigenvalue weighted by Gasteiger charge is 2.32. The minimum absolute atomic E-state index is 0.0978. The van der Waals surface area contributed by atoms with E-state index in [4.69, 9.17) is 0 Å². The van der Waals surface area contributed by atoms with E-state index in [0.717, 1.165) is 18.6 Å². The highest BCUT2D eigenvalue weighted by atomic mass is 19.4. The smallest absolute Gasteiger partial charge is 0.373 e. The van der Waals surface area contributed by atoms with Crippen LogP contribution in [0.25, 0.3) is 0 Å². The normalized spacial score (nSPS) is 11.8. The van der Waals surface area contributed by atoms with Gasteiger partial charge in [0.15, 0.2) is 0 Å². The van der Waals surface area contributed by atoms with E-state index in [-0.39, 0.29) is 11.9 Å². The van der Waals surface area contributed by atoms with Crippen LogP contribution in [0.3, 0.4) is 0 Å². The Morgan fingerprint density at radius 1 is 1.32 bits per heavy atom. The number of halogens is 3. The molecule has 1 N–H and O–H groups in total. The second kappa shape index (κ2) is 6.12. The molecule has 108 valence electrons. The van der Waals surface area contributed by atoms with Crippen LogP contribution < -0.4 is 10.2 Å². The van der Waals surface area contributed by atoms with Gasteiger partial charge in [0.2, 0.25) is 0 Å². The maximum Gasteiger partial charge on any atom is 0.416 e. The lowest BCUT2D eigenvalue weighted by Gasteiger charge is -2.28. The first-order valence-corrected chi connectivity index (χ1v) is 6.33.